The van der Waals surface area contributed by atoms with Crippen molar-refractivity contribution in [3.05, 3.63) is 59.2 Å². The van der Waals surface area contributed by atoms with E-state index in [4.69, 9.17) is 11.0 Å². The molecule has 0 aliphatic carbocycles. The van der Waals surface area contributed by atoms with E-state index in [1.807, 2.05) is 19.1 Å². The smallest absolute Gasteiger partial charge is 0.255 e. The second kappa shape index (κ2) is 5.89. The number of nitrogens with zero attached hydrogens (tertiary/aromatic N) is 1. The third-order valence-corrected chi connectivity index (χ3v) is 3.03. The summed E-state index contributed by atoms with van der Waals surface area (Å²) in [6, 6.07) is 14.5. The molecule has 0 aromatic heterocycles. The van der Waals surface area contributed by atoms with Gasteiger partial charge in [0.1, 0.15) is 0 Å². The van der Waals surface area contributed by atoms with Crippen molar-refractivity contribution in [2.45, 2.75) is 13.3 Å². The first-order valence-electron chi connectivity index (χ1n) is 6.23. The number of benzene rings is 2. The maximum absolute atomic E-state index is 12.1. The molecule has 2 aromatic rings. The predicted molar refractivity (Wildman–Crippen MR) is 79.3 cm³/mol. The summed E-state index contributed by atoms with van der Waals surface area (Å²) in [7, 11) is 0. The zero-order valence-corrected chi connectivity index (χ0v) is 11.2. The molecule has 1 amide bonds. The largest absolute Gasteiger partial charge is 0.399 e. The number of anilines is 2. The second-order valence-electron chi connectivity index (χ2n) is 4.56. The van der Waals surface area contributed by atoms with Gasteiger partial charge in [-0.15, -0.1) is 0 Å². The van der Waals surface area contributed by atoms with E-state index in [0.29, 0.717) is 23.4 Å². The van der Waals surface area contributed by atoms with E-state index in [0.717, 1.165) is 11.1 Å². The number of hydrogen-bond donors (Lipinski definition) is 2. The van der Waals surface area contributed by atoms with Crippen LogP contribution in [0.15, 0.2) is 42.5 Å². The number of nitrogens with one attached hydrogen (secondary N) is 1. The van der Waals surface area contributed by atoms with Crippen LogP contribution in [-0.2, 0) is 6.42 Å². The van der Waals surface area contributed by atoms with Gasteiger partial charge in [-0.25, -0.2) is 0 Å². The van der Waals surface area contributed by atoms with Crippen LogP contribution in [0.2, 0.25) is 0 Å². The molecule has 0 heterocycles. The molecule has 20 heavy (non-hydrogen) atoms. The van der Waals surface area contributed by atoms with Gasteiger partial charge >= 0.3 is 0 Å². The Morgan fingerprint density at radius 1 is 1.25 bits per heavy atom. The van der Waals surface area contributed by atoms with Gasteiger partial charge in [0.2, 0.25) is 0 Å². The molecule has 4 nitrogen and oxygen atoms in total. The standard InChI is InChI=1S/C16H15N3O/c1-11-10-13(4-7-15(11)18)16(20)19-14-5-2-12(3-6-14)8-9-17/h2-7,10H,8,18H2,1H3,(H,19,20). The summed E-state index contributed by atoms with van der Waals surface area (Å²) >= 11 is 0. The lowest BCUT2D eigenvalue weighted by Crippen LogP contribution is -2.12. The Labute approximate surface area is 117 Å². The lowest BCUT2D eigenvalue weighted by molar-refractivity contribution is 0.102. The van der Waals surface area contributed by atoms with Gasteiger partial charge in [-0.1, -0.05) is 12.1 Å². The number of nitrogens with two attached hydrogens (primary N) is 1. The number of carbonyl (C=O) groups excluding carboxylic acids is 1. The maximum Gasteiger partial charge on any atom is 0.255 e. The third-order valence-electron chi connectivity index (χ3n) is 3.03. The predicted octanol–water partition coefficient (Wildman–Crippen LogP) is 2.90. The van der Waals surface area contributed by atoms with Crippen LogP contribution >= 0.6 is 0 Å². The molecule has 0 unspecified atom stereocenters. The number of nitriles is 1. The van der Waals surface area contributed by atoms with Gasteiger partial charge in [-0.3, -0.25) is 4.79 Å². The number of aryl methyl sites for hydroxylation is 1. The Kier molecular flexibility index (Phi) is 4.02. The zero-order chi connectivity index (χ0) is 14.5. The normalized spacial score (nSPS) is 9.80. The molecule has 0 saturated heterocycles. The Bertz CT molecular complexity index is 669. The summed E-state index contributed by atoms with van der Waals surface area (Å²) in [5.41, 5.74) is 9.47. The molecule has 3 N–H and O–H groups in total. The molecule has 0 bridgehead atoms. The van der Waals surface area contributed by atoms with Crippen LogP contribution in [0.25, 0.3) is 0 Å². The van der Waals surface area contributed by atoms with E-state index >= 15 is 0 Å². The minimum Gasteiger partial charge on any atom is -0.399 e. The summed E-state index contributed by atoms with van der Waals surface area (Å²) in [6.07, 6.45) is 0.366. The van der Waals surface area contributed by atoms with E-state index < -0.39 is 0 Å². The molecular formula is C16H15N3O. The molecule has 0 aliphatic rings. The van der Waals surface area contributed by atoms with Gasteiger partial charge in [0.15, 0.2) is 0 Å². The summed E-state index contributed by atoms with van der Waals surface area (Å²) < 4.78 is 0. The first-order chi connectivity index (χ1) is 9.60. The van der Waals surface area contributed by atoms with Crippen molar-refractivity contribution in [3.8, 4) is 6.07 Å². The van der Waals surface area contributed by atoms with Crippen LogP contribution in [0, 0.1) is 18.3 Å². The van der Waals surface area contributed by atoms with Gasteiger partial charge in [0.25, 0.3) is 5.91 Å². The highest BCUT2D eigenvalue weighted by atomic mass is 16.1. The van der Waals surface area contributed by atoms with Gasteiger partial charge in [-0.2, -0.15) is 5.26 Å². The first-order valence-corrected chi connectivity index (χ1v) is 6.23. The molecule has 0 radical (unpaired) electrons. The minimum atomic E-state index is -0.180. The van der Waals surface area contributed by atoms with E-state index in [2.05, 4.69) is 11.4 Å². The Balaban J connectivity index is 2.11. The van der Waals surface area contributed by atoms with E-state index in [1.54, 1.807) is 30.3 Å². The Morgan fingerprint density at radius 2 is 1.95 bits per heavy atom. The van der Waals surface area contributed by atoms with Gasteiger partial charge < -0.3 is 11.1 Å². The van der Waals surface area contributed by atoms with Crippen LogP contribution in [0.4, 0.5) is 11.4 Å². The molecule has 4 heteroatoms. The summed E-state index contributed by atoms with van der Waals surface area (Å²) in [4.78, 5) is 12.1. The molecule has 0 fully saturated rings. The van der Waals surface area contributed by atoms with E-state index in [-0.39, 0.29) is 5.91 Å². The van der Waals surface area contributed by atoms with Crippen molar-refractivity contribution in [1.29, 1.82) is 5.26 Å². The number of nitrogen functional groups attached to an aromatic ring is 1. The van der Waals surface area contributed by atoms with Crippen molar-refractivity contribution in [2.24, 2.45) is 0 Å². The fraction of sp³-hybridized carbons (Fsp3) is 0.125. The molecular weight excluding hydrogens is 250 g/mol. The van der Waals surface area contributed by atoms with Crippen molar-refractivity contribution in [1.82, 2.24) is 0 Å². The average Bonchev–Trinajstić information content (AvgIpc) is 2.44. The zero-order valence-electron chi connectivity index (χ0n) is 11.2. The van der Waals surface area contributed by atoms with Crippen LogP contribution < -0.4 is 11.1 Å². The highest BCUT2D eigenvalue weighted by Crippen LogP contribution is 2.15. The highest BCUT2D eigenvalue weighted by Gasteiger charge is 2.07. The minimum absolute atomic E-state index is 0.180. The molecule has 100 valence electrons. The summed E-state index contributed by atoms with van der Waals surface area (Å²) in [6.45, 7) is 1.86. The molecule has 2 aromatic carbocycles. The third kappa shape index (κ3) is 3.15. The van der Waals surface area contributed by atoms with Crippen LogP contribution in [0.1, 0.15) is 21.5 Å². The number of carbonyl (C=O) groups is 1. The Hall–Kier alpha value is -2.80. The lowest BCUT2D eigenvalue weighted by Gasteiger charge is -2.07. The highest BCUT2D eigenvalue weighted by molar-refractivity contribution is 6.04. The molecule has 0 saturated carbocycles. The quantitative estimate of drug-likeness (QED) is 0.837. The fourth-order valence-corrected chi connectivity index (χ4v) is 1.82. The van der Waals surface area contributed by atoms with Crippen LogP contribution in [-0.4, -0.2) is 5.91 Å². The second-order valence-corrected chi connectivity index (χ2v) is 4.56. The van der Waals surface area contributed by atoms with E-state index in [9.17, 15) is 4.79 Å². The lowest BCUT2D eigenvalue weighted by atomic mass is 10.1. The number of rotatable bonds is 3. The van der Waals surface area contributed by atoms with Crippen molar-refractivity contribution in [3.63, 3.8) is 0 Å². The molecule has 2 rings (SSSR count). The monoisotopic (exact) mass is 265 g/mol. The maximum atomic E-state index is 12.1. The number of amides is 1. The number of hydrogen-bond acceptors (Lipinski definition) is 3. The van der Waals surface area contributed by atoms with Gasteiger partial charge in [0, 0.05) is 16.9 Å². The SMILES string of the molecule is Cc1cc(C(=O)Nc2ccc(CC#N)cc2)ccc1N. The van der Waals surface area contributed by atoms with E-state index in [1.165, 1.54) is 0 Å². The Morgan fingerprint density at radius 3 is 2.55 bits per heavy atom. The molecule has 0 spiro atoms. The topological polar surface area (TPSA) is 78.9 Å². The summed E-state index contributed by atoms with van der Waals surface area (Å²) in [5.74, 6) is -0.180. The average molecular weight is 265 g/mol. The van der Waals surface area contributed by atoms with Crippen molar-refractivity contribution in [2.75, 3.05) is 11.1 Å². The van der Waals surface area contributed by atoms with Gasteiger partial charge in [-0.05, 0) is 48.4 Å². The molecule has 0 aliphatic heterocycles. The summed E-state index contributed by atoms with van der Waals surface area (Å²) in [5, 5.41) is 11.4. The van der Waals surface area contributed by atoms with Crippen molar-refractivity contribution >= 4 is 17.3 Å². The van der Waals surface area contributed by atoms with Gasteiger partial charge in [0.05, 0.1) is 12.5 Å². The fourth-order valence-electron chi connectivity index (χ4n) is 1.82. The van der Waals surface area contributed by atoms with Crippen LogP contribution in [0.5, 0.6) is 0 Å². The van der Waals surface area contributed by atoms with Crippen LogP contribution in [0.3, 0.4) is 0 Å². The molecule has 0 atom stereocenters. The van der Waals surface area contributed by atoms with Crippen molar-refractivity contribution < 1.29 is 4.79 Å². The first kappa shape index (κ1) is 13.6.